The molecule has 0 bridgehead atoms. The van der Waals surface area contributed by atoms with Crippen LogP contribution in [0.1, 0.15) is 37.1 Å². The van der Waals surface area contributed by atoms with Crippen LogP contribution in [0.25, 0.3) is 10.9 Å². The number of fused-ring (bicyclic) bond motifs is 1. The van der Waals surface area contributed by atoms with Crippen LogP contribution in [0.3, 0.4) is 0 Å². The molecule has 1 fully saturated rings. The van der Waals surface area contributed by atoms with Gasteiger partial charge < -0.3 is 14.6 Å². The van der Waals surface area contributed by atoms with Gasteiger partial charge >= 0.3 is 0 Å². The van der Waals surface area contributed by atoms with E-state index in [9.17, 15) is 14.0 Å². The number of nitriles is 1. The first-order chi connectivity index (χ1) is 15.5. The Balaban J connectivity index is 1.25. The Bertz CT molecular complexity index is 1210. The largest absolute Gasteiger partial charge is 0.490 e. The highest BCUT2D eigenvalue weighted by Crippen LogP contribution is 2.20. The fourth-order valence-electron chi connectivity index (χ4n) is 3.88. The number of hydrogen-bond donors (Lipinski definition) is 1. The number of aromatic amines is 1. The minimum absolute atomic E-state index is 0.0359. The van der Waals surface area contributed by atoms with Crippen LogP contribution < -0.4 is 10.3 Å². The molecule has 1 aromatic heterocycles. The molecule has 4 rings (SSSR count). The topological polar surface area (TPSA) is 99.1 Å². The van der Waals surface area contributed by atoms with Crippen molar-refractivity contribution in [1.82, 2.24) is 14.9 Å². The lowest BCUT2D eigenvalue weighted by molar-refractivity contribution is -0.133. The molecule has 0 unspecified atom stereocenters. The number of ether oxygens (including phenoxy) is 1. The Hall–Kier alpha value is -3.73. The third kappa shape index (κ3) is 4.94. The molecule has 8 heteroatoms. The van der Waals surface area contributed by atoms with Crippen molar-refractivity contribution < 1.29 is 13.9 Å². The summed E-state index contributed by atoms with van der Waals surface area (Å²) >= 11 is 0. The summed E-state index contributed by atoms with van der Waals surface area (Å²) in [5.41, 5.74) is 0.271. The first-order valence-electron chi connectivity index (χ1n) is 10.7. The number of likely N-dealkylation sites (tertiary alicyclic amines) is 1. The average Bonchev–Trinajstić information content (AvgIpc) is 2.81. The molecule has 1 N–H and O–H groups in total. The van der Waals surface area contributed by atoms with Gasteiger partial charge in [0, 0.05) is 38.8 Å². The first-order valence-corrected chi connectivity index (χ1v) is 10.7. The highest BCUT2D eigenvalue weighted by Gasteiger charge is 2.23. The number of carbonyl (C=O) groups is 1. The van der Waals surface area contributed by atoms with Crippen molar-refractivity contribution in [1.29, 1.82) is 5.26 Å². The Morgan fingerprint density at radius 2 is 1.97 bits per heavy atom. The number of H-pyrrole nitrogens is 1. The number of halogens is 1. The van der Waals surface area contributed by atoms with Gasteiger partial charge in [0.1, 0.15) is 29.0 Å². The standard InChI is InChI=1S/C24H23FN4O3/c25-20-4-1-3-19-23(20)27-21(28-24(19)31)5-2-6-22(30)29-13-11-18(12-14-29)32-17-9-7-16(15-26)8-10-17/h1,3-4,7-10,18H,2,5-6,11-14H2,(H,27,28,31). The zero-order valence-electron chi connectivity index (χ0n) is 17.5. The van der Waals surface area contributed by atoms with Gasteiger partial charge in [0.2, 0.25) is 5.91 Å². The number of amides is 1. The van der Waals surface area contributed by atoms with Gasteiger partial charge in [-0.25, -0.2) is 9.37 Å². The molecule has 0 atom stereocenters. The highest BCUT2D eigenvalue weighted by molar-refractivity contribution is 5.78. The Kier molecular flexibility index (Phi) is 6.45. The molecule has 2 aromatic carbocycles. The number of hydrogen-bond acceptors (Lipinski definition) is 5. The van der Waals surface area contributed by atoms with E-state index in [0.717, 1.165) is 18.6 Å². The second kappa shape index (κ2) is 9.60. The van der Waals surface area contributed by atoms with Crippen LogP contribution in [0.2, 0.25) is 0 Å². The van der Waals surface area contributed by atoms with Crippen LogP contribution in [-0.2, 0) is 11.2 Å². The number of aryl methyl sites for hydroxylation is 1. The zero-order chi connectivity index (χ0) is 22.5. The predicted molar refractivity (Wildman–Crippen MR) is 117 cm³/mol. The normalized spacial score (nSPS) is 14.3. The monoisotopic (exact) mass is 434 g/mol. The van der Waals surface area contributed by atoms with Crippen molar-refractivity contribution in [3.63, 3.8) is 0 Å². The number of para-hydroxylation sites is 1. The average molecular weight is 434 g/mol. The molecule has 0 saturated carbocycles. The first kappa shape index (κ1) is 21.5. The van der Waals surface area contributed by atoms with Crippen LogP contribution >= 0.6 is 0 Å². The van der Waals surface area contributed by atoms with E-state index in [-0.39, 0.29) is 28.5 Å². The molecular weight excluding hydrogens is 411 g/mol. The summed E-state index contributed by atoms with van der Waals surface area (Å²) in [5, 5.41) is 9.08. The molecule has 7 nitrogen and oxygen atoms in total. The maximum absolute atomic E-state index is 13.9. The number of nitrogens with one attached hydrogen (secondary N) is 1. The van der Waals surface area contributed by atoms with E-state index in [4.69, 9.17) is 10.00 Å². The Morgan fingerprint density at radius 3 is 2.69 bits per heavy atom. The summed E-state index contributed by atoms with van der Waals surface area (Å²) in [6, 6.07) is 13.4. The van der Waals surface area contributed by atoms with E-state index in [1.807, 2.05) is 4.90 Å². The quantitative estimate of drug-likeness (QED) is 0.642. The smallest absolute Gasteiger partial charge is 0.258 e. The number of nitrogens with zero attached hydrogens (tertiary/aromatic N) is 3. The molecule has 3 aromatic rings. The molecule has 2 heterocycles. The zero-order valence-corrected chi connectivity index (χ0v) is 17.5. The van der Waals surface area contributed by atoms with Crippen molar-refractivity contribution in [2.45, 2.75) is 38.2 Å². The van der Waals surface area contributed by atoms with Gasteiger partial charge in [0.25, 0.3) is 5.56 Å². The van der Waals surface area contributed by atoms with Gasteiger partial charge in [-0.1, -0.05) is 6.07 Å². The van der Waals surface area contributed by atoms with Crippen LogP contribution in [0.15, 0.2) is 47.3 Å². The van der Waals surface area contributed by atoms with Gasteiger partial charge in [-0.15, -0.1) is 0 Å². The second-order valence-corrected chi connectivity index (χ2v) is 7.84. The number of piperidine rings is 1. The van der Waals surface area contributed by atoms with Crippen LogP contribution in [0.5, 0.6) is 5.75 Å². The number of rotatable bonds is 6. The van der Waals surface area contributed by atoms with Gasteiger partial charge in [-0.05, 0) is 42.8 Å². The van der Waals surface area contributed by atoms with Crippen molar-refractivity contribution in [2.75, 3.05) is 13.1 Å². The molecule has 32 heavy (non-hydrogen) atoms. The fraction of sp³-hybridized carbons (Fsp3) is 0.333. The second-order valence-electron chi connectivity index (χ2n) is 7.84. The molecule has 1 aliphatic heterocycles. The Morgan fingerprint density at radius 1 is 1.22 bits per heavy atom. The van der Waals surface area contributed by atoms with Crippen molar-refractivity contribution >= 4 is 16.8 Å². The number of carbonyl (C=O) groups excluding carboxylic acids is 1. The van der Waals surface area contributed by atoms with Crippen molar-refractivity contribution in [3.05, 3.63) is 70.0 Å². The summed E-state index contributed by atoms with van der Waals surface area (Å²) in [5.74, 6) is 0.630. The lowest BCUT2D eigenvalue weighted by atomic mass is 10.1. The molecule has 0 spiro atoms. The summed E-state index contributed by atoms with van der Waals surface area (Å²) in [6.45, 7) is 1.24. The minimum Gasteiger partial charge on any atom is -0.490 e. The summed E-state index contributed by atoms with van der Waals surface area (Å²) < 4.78 is 19.9. The molecule has 0 radical (unpaired) electrons. The van der Waals surface area contributed by atoms with Gasteiger partial charge in [0.15, 0.2) is 0 Å². The van der Waals surface area contributed by atoms with E-state index in [1.165, 1.54) is 18.2 Å². The molecule has 1 saturated heterocycles. The fourth-order valence-corrected chi connectivity index (χ4v) is 3.88. The van der Waals surface area contributed by atoms with Gasteiger partial charge in [0.05, 0.1) is 17.0 Å². The van der Waals surface area contributed by atoms with E-state index in [2.05, 4.69) is 16.0 Å². The minimum atomic E-state index is -0.531. The van der Waals surface area contributed by atoms with Crippen LogP contribution in [-0.4, -0.2) is 40.0 Å². The van der Waals surface area contributed by atoms with E-state index >= 15 is 0 Å². The van der Waals surface area contributed by atoms with E-state index in [1.54, 1.807) is 24.3 Å². The third-order valence-corrected chi connectivity index (χ3v) is 5.62. The van der Waals surface area contributed by atoms with E-state index < -0.39 is 5.82 Å². The summed E-state index contributed by atoms with van der Waals surface area (Å²) in [6.07, 6.45) is 2.76. The maximum Gasteiger partial charge on any atom is 0.258 e. The summed E-state index contributed by atoms with van der Waals surface area (Å²) in [7, 11) is 0. The third-order valence-electron chi connectivity index (χ3n) is 5.62. The SMILES string of the molecule is N#Cc1ccc(OC2CCN(C(=O)CCCc3nc4c(F)cccc4c(=O)[nH]3)CC2)cc1. The lowest BCUT2D eigenvalue weighted by Crippen LogP contribution is -2.41. The number of aromatic nitrogens is 2. The predicted octanol–water partition coefficient (Wildman–Crippen LogP) is 3.33. The lowest BCUT2D eigenvalue weighted by Gasteiger charge is -2.32. The molecule has 164 valence electrons. The number of benzene rings is 2. The summed E-state index contributed by atoms with van der Waals surface area (Å²) in [4.78, 5) is 33.4. The highest BCUT2D eigenvalue weighted by atomic mass is 19.1. The maximum atomic E-state index is 13.9. The van der Waals surface area contributed by atoms with Crippen LogP contribution in [0, 0.1) is 17.1 Å². The molecule has 1 amide bonds. The molecule has 0 aliphatic carbocycles. The van der Waals surface area contributed by atoms with Crippen molar-refractivity contribution in [3.8, 4) is 11.8 Å². The molecular formula is C24H23FN4O3. The Labute approximate surface area is 184 Å². The van der Waals surface area contributed by atoms with Gasteiger partial charge in [-0.2, -0.15) is 5.26 Å². The molecule has 1 aliphatic rings. The van der Waals surface area contributed by atoms with Crippen LogP contribution in [0.4, 0.5) is 4.39 Å². The van der Waals surface area contributed by atoms with Crippen molar-refractivity contribution in [2.24, 2.45) is 0 Å². The van der Waals surface area contributed by atoms with Gasteiger partial charge in [-0.3, -0.25) is 9.59 Å². The van der Waals surface area contributed by atoms with E-state index in [0.29, 0.717) is 43.7 Å².